The lowest BCUT2D eigenvalue weighted by Gasteiger charge is -2.11. The van der Waals surface area contributed by atoms with Gasteiger partial charge in [-0.2, -0.15) is 0 Å². The summed E-state index contributed by atoms with van der Waals surface area (Å²) in [7, 11) is 1.58. The minimum absolute atomic E-state index is 0. The molecule has 0 saturated carbocycles. The van der Waals surface area contributed by atoms with Gasteiger partial charge in [0.25, 0.3) is 0 Å². The maximum atomic E-state index is 6.15. The van der Waals surface area contributed by atoms with Crippen molar-refractivity contribution in [2.45, 2.75) is 5.88 Å². The van der Waals surface area contributed by atoms with Crippen molar-refractivity contribution in [3.63, 3.8) is 0 Å². The van der Waals surface area contributed by atoms with Gasteiger partial charge in [0.1, 0.15) is 17.4 Å². The molecule has 0 unspecified atom stereocenters. The molecule has 0 bridgehead atoms. The van der Waals surface area contributed by atoms with Gasteiger partial charge in [0.05, 0.1) is 23.5 Å². The Morgan fingerprint density at radius 1 is 1.13 bits per heavy atom. The standard InChI is InChI=1S/C16H13Cl2N3O.ClH/c1-22-14-7-6-10(8-12(14)18)19-16-11-4-2-3-5-13(11)20-15(9-17)21-16;/h2-8H,9H2,1H3,(H,19,20,21);1H. The van der Waals surface area contributed by atoms with Crippen LogP contribution in [0.3, 0.4) is 0 Å². The van der Waals surface area contributed by atoms with E-state index in [2.05, 4.69) is 15.3 Å². The second-order valence-corrected chi connectivity index (χ2v) is 5.29. The van der Waals surface area contributed by atoms with E-state index in [0.717, 1.165) is 16.6 Å². The van der Waals surface area contributed by atoms with Crippen molar-refractivity contribution >= 4 is 58.0 Å². The molecule has 0 aliphatic heterocycles. The molecule has 0 radical (unpaired) electrons. The molecule has 7 heteroatoms. The van der Waals surface area contributed by atoms with Crippen LogP contribution in [-0.2, 0) is 5.88 Å². The molecular formula is C16H14Cl3N3O. The highest BCUT2D eigenvalue weighted by molar-refractivity contribution is 6.32. The summed E-state index contributed by atoms with van der Waals surface area (Å²) in [5.74, 6) is 2.15. The molecule has 0 fully saturated rings. The van der Waals surface area contributed by atoms with Gasteiger partial charge in [0.15, 0.2) is 0 Å². The Hall–Kier alpha value is -1.75. The summed E-state index contributed by atoms with van der Waals surface area (Å²) >= 11 is 12.0. The molecular weight excluding hydrogens is 357 g/mol. The lowest BCUT2D eigenvalue weighted by Crippen LogP contribution is -2.00. The van der Waals surface area contributed by atoms with Crippen molar-refractivity contribution in [1.82, 2.24) is 9.97 Å². The van der Waals surface area contributed by atoms with Gasteiger partial charge in [-0.1, -0.05) is 23.7 Å². The summed E-state index contributed by atoms with van der Waals surface area (Å²) in [6.07, 6.45) is 0. The van der Waals surface area contributed by atoms with Crippen LogP contribution >= 0.6 is 35.6 Å². The number of anilines is 2. The first kappa shape index (κ1) is 17.6. The molecule has 0 spiro atoms. The van der Waals surface area contributed by atoms with Gasteiger partial charge in [-0.05, 0) is 30.3 Å². The minimum atomic E-state index is 0. The van der Waals surface area contributed by atoms with E-state index < -0.39 is 0 Å². The molecule has 3 rings (SSSR count). The van der Waals surface area contributed by atoms with Crippen LogP contribution in [0.1, 0.15) is 5.82 Å². The zero-order valence-electron chi connectivity index (χ0n) is 12.2. The molecule has 1 aromatic heterocycles. The summed E-state index contributed by atoms with van der Waals surface area (Å²) in [6.45, 7) is 0. The Morgan fingerprint density at radius 2 is 1.91 bits per heavy atom. The number of nitrogens with one attached hydrogen (secondary N) is 1. The summed E-state index contributed by atoms with van der Waals surface area (Å²) in [6, 6.07) is 13.2. The van der Waals surface area contributed by atoms with E-state index in [1.807, 2.05) is 30.3 Å². The molecule has 1 heterocycles. The molecule has 0 aliphatic rings. The predicted octanol–water partition coefficient (Wildman–Crippen LogP) is 5.20. The van der Waals surface area contributed by atoms with E-state index in [9.17, 15) is 0 Å². The maximum absolute atomic E-state index is 6.15. The third-order valence-electron chi connectivity index (χ3n) is 3.18. The van der Waals surface area contributed by atoms with Gasteiger partial charge >= 0.3 is 0 Å². The molecule has 0 atom stereocenters. The Balaban J connectivity index is 0.00000192. The Morgan fingerprint density at radius 3 is 2.61 bits per heavy atom. The summed E-state index contributed by atoms with van der Waals surface area (Å²) in [5, 5.41) is 4.71. The number of rotatable bonds is 4. The second kappa shape index (κ2) is 7.68. The van der Waals surface area contributed by atoms with E-state index in [4.69, 9.17) is 27.9 Å². The number of hydrogen-bond acceptors (Lipinski definition) is 4. The highest BCUT2D eigenvalue weighted by atomic mass is 35.5. The first-order chi connectivity index (χ1) is 10.7. The second-order valence-electron chi connectivity index (χ2n) is 4.61. The van der Waals surface area contributed by atoms with Crippen molar-refractivity contribution < 1.29 is 4.74 Å². The molecule has 3 aromatic rings. The zero-order valence-corrected chi connectivity index (χ0v) is 14.5. The van der Waals surface area contributed by atoms with Crippen LogP contribution in [0.25, 0.3) is 10.9 Å². The van der Waals surface area contributed by atoms with Crippen LogP contribution in [0.2, 0.25) is 5.02 Å². The summed E-state index contributed by atoms with van der Waals surface area (Å²) < 4.78 is 5.15. The predicted molar refractivity (Wildman–Crippen MR) is 97.6 cm³/mol. The fourth-order valence-corrected chi connectivity index (χ4v) is 2.54. The maximum Gasteiger partial charge on any atom is 0.146 e. The molecule has 0 aliphatic carbocycles. The molecule has 0 amide bonds. The number of methoxy groups -OCH3 is 1. The highest BCUT2D eigenvalue weighted by Crippen LogP contribution is 2.30. The SMILES string of the molecule is COc1ccc(Nc2nc(CCl)nc3ccccc23)cc1Cl.Cl. The number of benzene rings is 2. The van der Waals surface area contributed by atoms with Gasteiger partial charge < -0.3 is 10.1 Å². The first-order valence-electron chi connectivity index (χ1n) is 6.63. The van der Waals surface area contributed by atoms with E-state index in [-0.39, 0.29) is 18.3 Å². The normalized spacial score (nSPS) is 10.2. The number of fused-ring (bicyclic) bond motifs is 1. The molecule has 120 valence electrons. The minimum Gasteiger partial charge on any atom is -0.495 e. The monoisotopic (exact) mass is 369 g/mol. The van der Waals surface area contributed by atoms with Crippen molar-refractivity contribution in [2.75, 3.05) is 12.4 Å². The third kappa shape index (κ3) is 3.78. The number of para-hydroxylation sites is 1. The molecule has 2 aromatic carbocycles. The number of alkyl halides is 1. The third-order valence-corrected chi connectivity index (χ3v) is 3.72. The quantitative estimate of drug-likeness (QED) is 0.642. The summed E-state index contributed by atoms with van der Waals surface area (Å²) in [4.78, 5) is 8.87. The van der Waals surface area contributed by atoms with E-state index >= 15 is 0 Å². The number of ether oxygens (including phenoxy) is 1. The van der Waals surface area contributed by atoms with Crippen molar-refractivity contribution in [1.29, 1.82) is 0 Å². The van der Waals surface area contributed by atoms with Crippen LogP contribution in [0.5, 0.6) is 5.75 Å². The smallest absolute Gasteiger partial charge is 0.146 e. The molecule has 23 heavy (non-hydrogen) atoms. The van der Waals surface area contributed by atoms with Crippen LogP contribution < -0.4 is 10.1 Å². The van der Waals surface area contributed by atoms with Gasteiger partial charge in [-0.25, -0.2) is 9.97 Å². The Kier molecular flexibility index (Phi) is 5.88. The van der Waals surface area contributed by atoms with Crippen molar-refractivity contribution in [3.05, 3.63) is 53.3 Å². The number of halogens is 3. The topological polar surface area (TPSA) is 47.0 Å². The Bertz CT molecular complexity index is 827. The van der Waals surface area contributed by atoms with E-state index in [1.165, 1.54) is 0 Å². The van der Waals surface area contributed by atoms with Crippen LogP contribution in [0.15, 0.2) is 42.5 Å². The highest BCUT2D eigenvalue weighted by Gasteiger charge is 2.08. The van der Waals surface area contributed by atoms with Gasteiger partial charge in [0.2, 0.25) is 0 Å². The fourth-order valence-electron chi connectivity index (χ4n) is 2.16. The largest absolute Gasteiger partial charge is 0.495 e. The molecule has 1 N–H and O–H groups in total. The number of hydrogen-bond donors (Lipinski definition) is 1. The lowest BCUT2D eigenvalue weighted by atomic mass is 10.2. The average Bonchev–Trinajstić information content (AvgIpc) is 2.55. The van der Waals surface area contributed by atoms with Crippen LogP contribution in [0, 0.1) is 0 Å². The fraction of sp³-hybridized carbons (Fsp3) is 0.125. The first-order valence-corrected chi connectivity index (χ1v) is 7.54. The van der Waals surface area contributed by atoms with E-state index in [1.54, 1.807) is 19.2 Å². The Labute approximate surface area is 150 Å². The van der Waals surface area contributed by atoms with Gasteiger partial charge in [0, 0.05) is 11.1 Å². The summed E-state index contributed by atoms with van der Waals surface area (Å²) in [5.41, 5.74) is 1.66. The average molecular weight is 371 g/mol. The van der Waals surface area contributed by atoms with Crippen LogP contribution in [-0.4, -0.2) is 17.1 Å². The van der Waals surface area contributed by atoms with Crippen molar-refractivity contribution in [3.8, 4) is 5.75 Å². The zero-order chi connectivity index (χ0) is 15.5. The van der Waals surface area contributed by atoms with Crippen molar-refractivity contribution in [2.24, 2.45) is 0 Å². The van der Waals surface area contributed by atoms with E-state index in [0.29, 0.717) is 22.4 Å². The van der Waals surface area contributed by atoms with Gasteiger partial charge in [-0.3, -0.25) is 0 Å². The lowest BCUT2D eigenvalue weighted by molar-refractivity contribution is 0.415. The number of aromatic nitrogens is 2. The molecule has 0 saturated heterocycles. The van der Waals surface area contributed by atoms with Crippen LogP contribution in [0.4, 0.5) is 11.5 Å². The molecule has 4 nitrogen and oxygen atoms in total. The van der Waals surface area contributed by atoms with Gasteiger partial charge in [-0.15, -0.1) is 24.0 Å². The number of nitrogens with zero attached hydrogens (tertiary/aromatic N) is 2.